The Kier molecular flexibility index (Phi) is 10.6. The van der Waals surface area contributed by atoms with E-state index in [1.165, 1.54) is 12.5 Å². The fourth-order valence-corrected chi connectivity index (χ4v) is 2.80. The lowest BCUT2D eigenvalue weighted by Gasteiger charge is -2.26. The number of rotatable bonds is 13. The molecule has 0 fully saturated rings. The molecule has 0 radical (unpaired) electrons. The van der Waals surface area contributed by atoms with Crippen LogP contribution in [0.1, 0.15) is 26.0 Å². The standard InChI is InChI=1S/C18H29N7O6S/c1-8(2)14(25-15(27)10(19)6-32)17(29)23-11(3-9-5-21-7-22-9)16(28)24-12(18(30)31)4-13(20)26/h5,7-8,10-12,14,32H,3-4,6,19H2,1-2H3,(H2,20,26)(H,21,22)(H,23,29)(H,24,28)(H,25,27)(H,30,31). The van der Waals surface area contributed by atoms with Crippen molar-refractivity contribution < 1.29 is 29.1 Å². The molecular weight excluding hydrogens is 442 g/mol. The van der Waals surface area contributed by atoms with E-state index in [2.05, 4.69) is 38.5 Å². The summed E-state index contributed by atoms with van der Waals surface area (Å²) in [6, 6.07) is -4.77. The average Bonchev–Trinajstić information content (AvgIpc) is 3.22. The first-order valence-corrected chi connectivity index (χ1v) is 10.3. The van der Waals surface area contributed by atoms with Crippen molar-refractivity contribution in [3.63, 3.8) is 0 Å². The van der Waals surface area contributed by atoms with Crippen molar-refractivity contribution in [1.82, 2.24) is 25.9 Å². The van der Waals surface area contributed by atoms with E-state index in [4.69, 9.17) is 11.5 Å². The van der Waals surface area contributed by atoms with Crippen molar-refractivity contribution in [3.8, 4) is 0 Å². The van der Waals surface area contributed by atoms with E-state index >= 15 is 0 Å². The van der Waals surface area contributed by atoms with Gasteiger partial charge in [0.15, 0.2) is 0 Å². The van der Waals surface area contributed by atoms with Gasteiger partial charge in [0.1, 0.15) is 18.1 Å². The molecule has 1 rings (SSSR count). The number of nitrogens with one attached hydrogen (secondary N) is 4. The van der Waals surface area contributed by atoms with Gasteiger partial charge in [0.25, 0.3) is 0 Å². The van der Waals surface area contributed by atoms with Crippen molar-refractivity contribution in [2.75, 3.05) is 5.75 Å². The fourth-order valence-electron chi connectivity index (χ4n) is 2.64. The molecule has 0 bridgehead atoms. The van der Waals surface area contributed by atoms with Crippen LogP contribution in [-0.2, 0) is 30.4 Å². The highest BCUT2D eigenvalue weighted by atomic mass is 32.1. The van der Waals surface area contributed by atoms with Gasteiger partial charge in [-0.15, -0.1) is 0 Å². The second kappa shape index (κ2) is 12.7. The Hall–Kier alpha value is -3.13. The molecular formula is C18H29N7O6S. The quantitative estimate of drug-likeness (QED) is 0.141. The van der Waals surface area contributed by atoms with E-state index in [0.717, 1.165) is 0 Å². The number of hydrogen-bond acceptors (Lipinski definition) is 8. The maximum Gasteiger partial charge on any atom is 0.326 e. The smallest absolute Gasteiger partial charge is 0.326 e. The highest BCUT2D eigenvalue weighted by Crippen LogP contribution is 2.06. The fraction of sp³-hybridized carbons (Fsp3) is 0.556. The first-order chi connectivity index (χ1) is 15.0. The first-order valence-electron chi connectivity index (χ1n) is 9.72. The van der Waals surface area contributed by atoms with Crippen LogP contribution in [0.4, 0.5) is 0 Å². The van der Waals surface area contributed by atoms with E-state index in [-0.39, 0.29) is 18.1 Å². The third-order valence-electron chi connectivity index (χ3n) is 4.41. The Balaban J connectivity index is 3.04. The lowest BCUT2D eigenvalue weighted by molar-refractivity contribution is -0.143. The lowest BCUT2D eigenvalue weighted by Crippen LogP contribution is -2.59. The zero-order chi connectivity index (χ0) is 24.4. The molecule has 32 heavy (non-hydrogen) atoms. The number of amides is 4. The Morgan fingerprint density at radius 2 is 1.72 bits per heavy atom. The van der Waals surface area contributed by atoms with Crippen LogP contribution in [0.5, 0.6) is 0 Å². The molecule has 9 N–H and O–H groups in total. The number of nitrogens with two attached hydrogens (primary N) is 2. The lowest BCUT2D eigenvalue weighted by atomic mass is 10.0. The minimum absolute atomic E-state index is 0.0601. The van der Waals surface area contributed by atoms with Crippen LogP contribution in [0, 0.1) is 5.92 Å². The predicted molar refractivity (Wildman–Crippen MR) is 116 cm³/mol. The molecule has 4 atom stereocenters. The molecule has 0 aliphatic carbocycles. The number of carbonyl (C=O) groups excluding carboxylic acids is 4. The van der Waals surface area contributed by atoms with Gasteiger partial charge >= 0.3 is 5.97 Å². The van der Waals surface area contributed by atoms with Crippen LogP contribution >= 0.6 is 12.6 Å². The number of aromatic amines is 1. The van der Waals surface area contributed by atoms with Crippen LogP contribution in [0.2, 0.25) is 0 Å². The van der Waals surface area contributed by atoms with Gasteiger partial charge in [-0.3, -0.25) is 19.2 Å². The SMILES string of the molecule is CC(C)C(NC(=O)C(N)CS)C(=O)NC(Cc1cnc[nH]1)C(=O)NC(CC(N)=O)C(=O)O. The van der Waals surface area contributed by atoms with Crippen molar-refractivity contribution in [1.29, 1.82) is 0 Å². The third-order valence-corrected chi connectivity index (χ3v) is 4.81. The summed E-state index contributed by atoms with van der Waals surface area (Å²) in [6.07, 6.45) is 2.11. The zero-order valence-corrected chi connectivity index (χ0v) is 18.6. The zero-order valence-electron chi connectivity index (χ0n) is 17.7. The summed E-state index contributed by atoms with van der Waals surface area (Å²) < 4.78 is 0. The number of carbonyl (C=O) groups is 5. The second-order valence-electron chi connectivity index (χ2n) is 7.43. The number of carboxylic acids is 1. The molecule has 0 saturated carbocycles. The predicted octanol–water partition coefficient (Wildman–Crippen LogP) is -2.72. The minimum Gasteiger partial charge on any atom is -0.480 e. The summed E-state index contributed by atoms with van der Waals surface area (Å²) in [5.74, 6) is -4.80. The number of primary amides is 1. The Morgan fingerprint density at radius 3 is 2.19 bits per heavy atom. The van der Waals surface area contributed by atoms with Gasteiger partial charge in [0.2, 0.25) is 23.6 Å². The Labute approximate surface area is 189 Å². The van der Waals surface area contributed by atoms with Crippen molar-refractivity contribution in [2.45, 2.75) is 50.9 Å². The van der Waals surface area contributed by atoms with Gasteiger partial charge in [0, 0.05) is 24.1 Å². The number of hydrogen-bond donors (Lipinski definition) is 8. The molecule has 0 aliphatic rings. The molecule has 0 saturated heterocycles. The molecule has 1 aromatic rings. The van der Waals surface area contributed by atoms with Crippen molar-refractivity contribution in [3.05, 3.63) is 18.2 Å². The molecule has 4 amide bonds. The van der Waals surface area contributed by atoms with Crippen LogP contribution < -0.4 is 27.4 Å². The first kappa shape index (κ1) is 26.9. The van der Waals surface area contributed by atoms with Gasteiger partial charge < -0.3 is 37.5 Å². The number of aliphatic carboxylic acids is 1. The molecule has 13 nitrogen and oxygen atoms in total. The molecule has 1 heterocycles. The highest BCUT2D eigenvalue weighted by Gasteiger charge is 2.32. The minimum atomic E-state index is -1.57. The van der Waals surface area contributed by atoms with Crippen LogP contribution in [0.15, 0.2) is 12.5 Å². The summed E-state index contributed by atoms with van der Waals surface area (Å²) >= 11 is 3.95. The molecule has 4 unspecified atom stereocenters. The number of thiol groups is 1. The van der Waals surface area contributed by atoms with Gasteiger partial charge in [-0.25, -0.2) is 9.78 Å². The van der Waals surface area contributed by atoms with Gasteiger partial charge in [-0.2, -0.15) is 12.6 Å². The summed E-state index contributed by atoms with van der Waals surface area (Å²) in [5, 5.41) is 16.5. The van der Waals surface area contributed by atoms with E-state index < -0.39 is 60.2 Å². The Bertz CT molecular complexity index is 817. The van der Waals surface area contributed by atoms with Crippen LogP contribution in [-0.4, -0.2) is 74.6 Å². The van der Waals surface area contributed by atoms with Crippen molar-refractivity contribution >= 4 is 42.2 Å². The highest BCUT2D eigenvalue weighted by molar-refractivity contribution is 7.80. The molecule has 1 aromatic heterocycles. The third kappa shape index (κ3) is 8.55. The summed E-state index contributed by atoms with van der Waals surface area (Å²) in [6.45, 7) is 3.38. The molecule has 14 heteroatoms. The normalized spacial score (nSPS) is 14.7. The summed E-state index contributed by atoms with van der Waals surface area (Å²) in [7, 11) is 0. The largest absolute Gasteiger partial charge is 0.480 e. The van der Waals surface area contributed by atoms with E-state index in [0.29, 0.717) is 5.69 Å². The Morgan fingerprint density at radius 1 is 1.09 bits per heavy atom. The number of imidazole rings is 1. The van der Waals surface area contributed by atoms with E-state index in [1.54, 1.807) is 13.8 Å². The second-order valence-corrected chi connectivity index (χ2v) is 7.80. The maximum absolute atomic E-state index is 12.9. The van der Waals surface area contributed by atoms with Gasteiger partial charge in [-0.05, 0) is 5.92 Å². The number of H-pyrrole nitrogens is 1. The maximum atomic E-state index is 12.9. The molecule has 0 aromatic carbocycles. The van der Waals surface area contributed by atoms with Gasteiger partial charge in [0.05, 0.1) is 18.8 Å². The molecule has 0 spiro atoms. The van der Waals surface area contributed by atoms with Gasteiger partial charge in [-0.1, -0.05) is 13.8 Å². The number of aromatic nitrogens is 2. The number of nitrogens with zero attached hydrogens (tertiary/aromatic N) is 1. The topological polar surface area (TPSA) is 222 Å². The van der Waals surface area contributed by atoms with E-state index in [1.807, 2.05) is 0 Å². The number of carboxylic acid groups (broad SMARTS) is 1. The summed E-state index contributed by atoms with van der Waals surface area (Å²) in [5.41, 5.74) is 11.2. The van der Waals surface area contributed by atoms with Crippen LogP contribution in [0.3, 0.4) is 0 Å². The van der Waals surface area contributed by atoms with Crippen LogP contribution in [0.25, 0.3) is 0 Å². The molecule has 0 aliphatic heterocycles. The summed E-state index contributed by atoms with van der Waals surface area (Å²) in [4.78, 5) is 66.9. The van der Waals surface area contributed by atoms with Crippen molar-refractivity contribution in [2.24, 2.45) is 17.4 Å². The molecule has 178 valence electrons. The monoisotopic (exact) mass is 471 g/mol. The average molecular weight is 472 g/mol. The van der Waals surface area contributed by atoms with E-state index in [9.17, 15) is 29.1 Å².